The molecule has 0 saturated carbocycles. The monoisotopic (exact) mass is 338 g/mol. The zero-order chi connectivity index (χ0) is 13.4. The molecule has 19 heavy (non-hydrogen) atoms. The van der Waals surface area contributed by atoms with Gasteiger partial charge in [0.15, 0.2) is 0 Å². The molecular weight excluding hydrogens is 324 g/mol. The standard InChI is InChI=1S/C14H15BrN2OS/c1-17-8-9(15)7-12(17)14(18)16-11-3-2-4-13-10(11)5-6-19-13/h5-8,11H,2-4H2,1H3,(H,16,18). The van der Waals surface area contributed by atoms with Crippen molar-refractivity contribution in [2.24, 2.45) is 7.05 Å². The van der Waals surface area contributed by atoms with Crippen LogP contribution in [0.2, 0.25) is 0 Å². The molecule has 2 heterocycles. The van der Waals surface area contributed by atoms with Gasteiger partial charge < -0.3 is 9.88 Å². The molecule has 2 aromatic heterocycles. The second kappa shape index (κ2) is 5.13. The molecule has 3 rings (SSSR count). The fourth-order valence-corrected chi connectivity index (χ4v) is 4.13. The van der Waals surface area contributed by atoms with Gasteiger partial charge in [-0.3, -0.25) is 4.79 Å². The number of aryl methyl sites for hydroxylation is 2. The van der Waals surface area contributed by atoms with Gasteiger partial charge in [0, 0.05) is 22.6 Å². The first-order chi connectivity index (χ1) is 9.15. The van der Waals surface area contributed by atoms with Gasteiger partial charge in [-0.1, -0.05) is 0 Å². The number of amides is 1. The molecule has 1 aliphatic carbocycles. The molecule has 1 aliphatic rings. The van der Waals surface area contributed by atoms with Crippen LogP contribution in [0.3, 0.4) is 0 Å². The first-order valence-electron chi connectivity index (χ1n) is 6.34. The third-order valence-electron chi connectivity index (χ3n) is 3.56. The molecule has 0 saturated heterocycles. The van der Waals surface area contributed by atoms with Gasteiger partial charge in [-0.15, -0.1) is 11.3 Å². The van der Waals surface area contributed by atoms with Gasteiger partial charge in [0.1, 0.15) is 5.69 Å². The molecule has 0 bridgehead atoms. The van der Waals surface area contributed by atoms with Gasteiger partial charge in [-0.2, -0.15) is 0 Å². The van der Waals surface area contributed by atoms with Gasteiger partial charge >= 0.3 is 0 Å². The minimum absolute atomic E-state index is 0.00255. The third-order valence-corrected chi connectivity index (χ3v) is 4.99. The molecule has 0 aliphatic heterocycles. The van der Waals surface area contributed by atoms with E-state index < -0.39 is 0 Å². The summed E-state index contributed by atoms with van der Waals surface area (Å²) in [5.74, 6) is -0.00255. The van der Waals surface area contributed by atoms with E-state index in [0.29, 0.717) is 5.69 Å². The number of nitrogens with zero attached hydrogens (tertiary/aromatic N) is 1. The molecule has 1 atom stereocenters. The van der Waals surface area contributed by atoms with E-state index >= 15 is 0 Å². The lowest BCUT2D eigenvalue weighted by Crippen LogP contribution is -2.31. The Labute approximate surface area is 124 Å². The summed E-state index contributed by atoms with van der Waals surface area (Å²) < 4.78 is 2.77. The normalized spacial score (nSPS) is 18.1. The number of thiophene rings is 1. The Morgan fingerprint density at radius 2 is 2.42 bits per heavy atom. The summed E-state index contributed by atoms with van der Waals surface area (Å²) in [6.45, 7) is 0. The molecule has 0 spiro atoms. The number of carbonyl (C=O) groups excluding carboxylic acids is 1. The fourth-order valence-electron chi connectivity index (χ4n) is 2.62. The number of hydrogen-bond acceptors (Lipinski definition) is 2. The first kappa shape index (κ1) is 12.9. The summed E-state index contributed by atoms with van der Waals surface area (Å²) in [6.07, 6.45) is 5.22. The molecule has 5 heteroatoms. The van der Waals surface area contributed by atoms with Gasteiger partial charge in [-0.05, 0) is 58.3 Å². The minimum Gasteiger partial charge on any atom is -0.345 e. The average Bonchev–Trinajstić information content (AvgIpc) is 2.96. The minimum atomic E-state index is -0.00255. The maximum atomic E-state index is 12.3. The van der Waals surface area contributed by atoms with Gasteiger partial charge in [0.2, 0.25) is 0 Å². The highest BCUT2D eigenvalue weighted by atomic mass is 79.9. The summed E-state index contributed by atoms with van der Waals surface area (Å²) in [6, 6.07) is 4.16. The number of nitrogens with one attached hydrogen (secondary N) is 1. The van der Waals surface area contributed by atoms with Crippen molar-refractivity contribution in [1.82, 2.24) is 9.88 Å². The summed E-state index contributed by atoms with van der Waals surface area (Å²) in [5, 5.41) is 5.28. The van der Waals surface area contributed by atoms with Crippen molar-refractivity contribution < 1.29 is 4.79 Å². The van der Waals surface area contributed by atoms with Crippen LogP contribution in [0.5, 0.6) is 0 Å². The number of hydrogen-bond donors (Lipinski definition) is 1. The Hall–Kier alpha value is -1.07. The van der Waals surface area contributed by atoms with Crippen molar-refractivity contribution in [2.45, 2.75) is 25.3 Å². The lowest BCUT2D eigenvalue weighted by Gasteiger charge is -2.23. The number of carbonyl (C=O) groups is 1. The lowest BCUT2D eigenvalue weighted by molar-refractivity contribution is 0.0924. The number of halogens is 1. The molecule has 1 unspecified atom stereocenters. The Bertz CT molecular complexity index is 617. The van der Waals surface area contributed by atoms with Gasteiger partial charge in [-0.25, -0.2) is 0 Å². The lowest BCUT2D eigenvalue weighted by atomic mass is 9.94. The largest absolute Gasteiger partial charge is 0.345 e. The quantitative estimate of drug-likeness (QED) is 0.890. The van der Waals surface area contributed by atoms with E-state index in [9.17, 15) is 4.79 Å². The van der Waals surface area contributed by atoms with E-state index in [1.165, 1.54) is 10.4 Å². The Morgan fingerprint density at radius 1 is 1.58 bits per heavy atom. The van der Waals surface area contributed by atoms with E-state index in [2.05, 4.69) is 32.7 Å². The van der Waals surface area contributed by atoms with Crippen LogP contribution in [0.4, 0.5) is 0 Å². The molecule has 1 amide bonds. The third kappa shape index (κ3) is 2.49. The van der Waals surface area contributed by atoms with Crippen LogP contribution in [-0.2, 0) is 13.5 Å². The molecule has 100 valence electrons. The molecule has 2 aromatic rings. The molecule has 3 nitrogen and oxygen atoms in total. The van der Waals surface area contributed by atoms with Crippen molar-refractivity contribution in [3.05, 3.63) is 44.3 Å². The van der Waals surface area contributed by atoms with E-state index in [0.717, 1.165) is 23.7 Å². The van der Waals surface area contributed by atoms with E-state index in [1.807, 2.05) is 23.9 Å². The van der Waals surface area contributed by atoms with Crippen molar-refractivity contribution in [3.8, 4) is 0 Å². The van der Waals surface area contributed by atoms with Crippen LogP contribution in [0.1, 0.15) is 39.8 Å². The van der Waals surface area contributed by atoms with Crippen molar-refractivity contribution in [1.29, 1.82) is 0 Å². The highest BCUT2D eigenvalue weighted by Gasteiger charge is 2.23. The van der Waals surface area contributed by atoms with E-state index in [-0.39, 0.29) is 11.9 Å². The van der Waals surface area contributed by atoms with Crippen LogP contribution in [0, 0.1) is 0 Å². The number of aromatic nitrogens is 1. The Morgan fingerprint density at radius 3 is 3.16 bits per heavy atom. The maximum Gasteiger partial charge on any atom is 0.268 e. The Kier molecular flexibility index (Phi) is 3.50. The zero-order valence-corrected chi connectivity index (χ0v) is 13.1. The number of fused-ring (bicyclic) bond motifs is 1. The predicted molar refractivity (Wildman–Crippen MR) is 80.6 cm³/mol. The summed E-state index contributed by atoms with van der Waals surface area (Å²) in [7, 11) is 1.89. The number of rotatable bonds is 2. The van der Waals surface area contributed by atoms with Gasteiger partial charge in [0.05, 0.1) is 6.04 Å². The van der Waals surface area contributed by atoms with Crippen LogP contribution in [-0.4, -0.2) is 10.5 Å². The van der Waals surface area contributed by atoms with E-state index in [4.69, 9.17) is 0 Å². The van der Waals surface area contributed by atoms with Crippen molar-refractivity contribution >= 4 is 33.2 Å². The molecular formula is C14H15BrN2OS. The second-order valence-corrected chi connectivity index (χ2v) is 6.79. The topological polar surface area (TPSA) is 34.0 Å². The SMILES string of the molecule is Cn1cc(Br)cc1C(=O)NC1CCCc2sccc21. The summed E-state index contributed by atoms with van der Waals surface area (Å²) in [4.78, 5) is 13.8. The van der Waals surface area contributed by atoms with Crippen LogP contribution < -0.4 is 5.32 Å². The van der Waals surface area contributed by atoms with Gasteiger partial charge in [0.25, 0.3) is 5.91 Å². The summed E-state index contributed by atoms with van der Waals surface area (Å²) in [5.41, 5.74) is 1.99. The Balaban J connectivity index is 1.80. The molecule has 0 aromatic carbocycles. The molecule has 1 N–H and O–H groups in total. The van der Waals surface area contributed by atoms with Crippen LogP contribution in [0.25, 0.3) is 0 Å². The second-order valence-electron chi connectivity index (χ2n) is 4.87. The fraction of sp³-hybridized carbons (Fsp3) is 0.357. The highest BCUT2D eigenvalue weighted by Crippen LogP contribution is 2.33. The first-order valence-corrected chi connectivity index (χ1v) is 8.01. The van der Waals surface area contributed by atoms with Crippen LogP contribution in [0.15, 0.2) is 28.2 Å². The van der Waals surface area contributed by atoms with Crippen molar-refractivity contribution in [3.63, 3.8) is 0 Å². The highest BCUT2D eigenvalue weighted by molar-refractivity contribution is 9.10. The molecule has 0 radical (unpaired) electrons. The molecule has 0 fully saturated rings. The predicted octanol–water partition coefficient (Wildman–Crippen LogP) is 3.66. The average molecular weight is 339 g/mol. The van der Waals surface area contributed by atoms with Crippen LogP contribution >= 0.6 is 27.3 Å². The smallest absolute Gasteiger partial charge is 0.268 e. The zero-order valence-electron chi connectivity index (χ0n) is 10.6. The summed E-state index contributed by atoms with van der Waals surface area (Å²) >= 11 is 5.19. The van der Waals surface area contributed by atoms with E-state index in [1.54, 1.807) is 11.3 Å². The van der Waals surface area contributed by atoms with Crippen molar-refractivity contribution in [2.75, 3.05) is 0 Å². The maximum absolute atomic E-state index is 12.3.